The fourth-order valence-corrected chi connectivity index (χ4v) is 2.27. The summed E-state index contributed by atoms with van der Waals surface area (Å²) >= 11 is 3.21. The number of hydrogen-bond acceptors (Lipinski definition) is 3. The van der Waals surface area contributed by atoms with Crippen LogP contribution in [0.5, 0.6) is 0 Å². The highest BCUT2D eigenvalue weighted by atomic mass is 79.9. The number of hydrogen-bond donors (Lipinski definition) is 1. The maximum Gasteiger partial charge on any atom is 0.258 e. The first-order valence-electron chi connectivity index (χ1n) is 5.53. The standard InChI is InChI=1S/C11H14BrF2N3.2ClH/c12-9-2-1-8(7-16-9)10(11(13)14)17-5-3-15-4-6-17;;/h1-2,7,10-11,15H,3-6H2;2*1H/t10-;;/m1../s1. The fraction of sp³-hybridized carbons (Fsp3) is 0.545. The van der Waals surface area contributed by atoms with Gasteiger partial charge in [0.1, 0.15) is 4.60 Å². The Morgan fingerprint density at radius 3 is 2.32 bits per heavy atom. The summed E-state index contributed by atoms with van der Waals surface area (Å²) in [5.74, 6) is 0. The highest BCUT2D eigenvalue weighted by Crippen LogP contribution is 2.27. The molecule has 0 aromatic carbocycles. The molecule has 0 amide bonds. The van der Waals surface area contributed by atoms with E-state index < -0.39 is 12.5 Å². The summed E-state index contributed by atoms with van der Waals surface area (Å²) in [7, 11) is 0. The minimum Gasteiger partial charge on any atom is -0.314 e. The summed E-state index contributed by atoms with van der Waals surface area (Å²) < 4.78 is 27.0. The Morgan fingerprint density at radius 1 is 1.21 bits per heavy atom. The predicted molar refractivity (Wildman–Crippen MR) is 79.6 cm³/mol. The molecule has 1 N–H and O–H groups in total. The van der Waals surface area contributed by atoms with E-state index in [1.54, 1.807) is 12.1 Å². The van der Waals surface area contributed by atoms with Gasteiger partial charge in [-0.2, -0.15) is 0 Å². The smallest absolute Gasteiger partial charge is 0.258 e. The second-order valence-corrected chi connectivity index (χ2v) is 4.79. The highest BCUT2D eigenvalue weighted by Gasteiger charge is 2.30. The molecule has 2 rings (SSSR count). The fourth-order valence-electron chi connectivity index (χ4n) is 2.04. The van der Waals surface area contributed by atoms with Crippen molar-refractivity contribution in [1.82, 2.24) is 15.2 Å². The molecule has 1 saturated heterocycles. The molecule has 2 heterocycles. The van der Waals surface area contributed by atoms with Gasteiger partial charge in [-0.1, -0.05) is 6.07 Å². The van der Waals surface area contributed by atoms with Crippen LogP contribution in [-0.2, 0) is 0 Å². The van der Waals surface area contributed by atoms with Gasteiger partial charge in [-0.25, -0.2) is 13.8 Å². The van der Waals surface area contributed by atoms with Gasteiger partial charge in [0.2, 0.25) is 0 Å². The van der Waals surface area contributed by atoms with E-state index in [4.69, 9.17) is 0 Å². The van der Waals surface area contributed by atoms with Gasteiger partial charge in [0, 0.05) is 32.4 Å². The Labute approximate surface area is 132 Å². The van der Waals surface area contributed by atoms with Crippen molar-refractivity contribution in [3.8, 4) is 0 Å². The van der Waals surface area contributed by atoms with Crippen LogP contribution in [0.4, 0.5) is 8.78 Å². The second kappa shape index (κ2) is 9.02. The van der Waals surface area contributed by atoms with E-state index in [0.29, 0.717) is 23.3 Å². The van der Waals surface area contributed by atoms with Crippen LogP contribution in [0.15, 0.2) is 22.9 Å². The molecule has 0 radical (unpaired) electrons. The van der Waals surface area contributed by atoms with Gasteiger partial charge in [-0.15, -0.1) is 24.8 Å². The number of nitrogens with one attached hydrogen (secondary N) is 1. The predicted octanol–water partition coefficient (Wildman–Crippen LogP) is 2.90. The molecule has 0 aliphatic carbocycles. The number of aromatic nitrogens is 1. The quantitative estimate of drug-likeness (QED) is 0.819. The summed E-state index contributed by atoms with van der Waals surface area (Å²) in [6.45, 7) is 2.80. The van der Waals surface area contributed by atoms with Crippen molar-refractivity contribution < 1.29 is 8.78 Å². The molecule has 1 aliphatic heterocycles. The Hall–Kier alpha value is -0.0100. The van der Waals surface area contributed by atoms with E-state index >= 15 is 0 Å². The van der Waals surface area contributed by atoms with E-state index in [-0.39, 0.29) is 24.8 Å². The molecule has 19 heavy (non-hydrogen) atoms. The van der Waals surface area contributed by atoms with Crippen molar-refractivity contribution in [2.45, 2.75) is 12.5 Å². The number of rotatable bonds is 3. The van der Waals surface area contributed by atoms with Crippen LogP contribution < -0.4 is 5.32 Å². The van der Waals surface area contributed by atoms with Crippen molar-refractivity contribution in [1.29, 1.82) is 0 Å². The molecule has 1 atom stereocenters. The van der Waals surface area contributed by atoms with Crippen molar-refractivity contribution in [3.63, 3.8) is 0 Å². The monoisotopic (exact) mass is 377 g/mol. The summed E-state index contributed by atoms with van der Waals surface area (Å²) in [6, 6.07) is 2.56. The molecule has 1 aromatic heterocycles. The lowest BCUT2D eigenvalue weighted by molar-refractivity contribution is 0.0180. The van der Waals surface area contributed by atoms with E-state index in [1.807, 2.05) is 4.90 Å². The van der Waals surface area contributed by atoms with Gasteiger partial charge in [0.25, 0.3) is 6.43 Å². The Bertz CT molecular complexity index is 361. The van der Waals surface area contributed by atoms with E-state index in [1.165, 1.54) is 6.20 Å². The third-order valence-corrected chi connectivity index (χ3v) is 3.34. The summed E-state index contributed by atoms with van der Waals surface area (Å²) in [5, 5.41) is 3.16. The Morgan fingerprint density at radius 2 is 1.84 bits per heavy atom. The first-order valence-corrected chi connectivity index (χ1v) is 6.32. The first-order chi connectivity index (χ1) is 8.18. The number of pyridine rings is 1. The van der Waals surface area contributed by atoms with Crippen molar-refractivity contribution >= 4 is 40.7 Å². The van der Waals surface area contributed by atoms with Gasteiger partial charge in [-0.3, -0.25) is 4.90 Å². The molecule has 0 bridgehead atoms. The zero-order chi connectivity index (χ0) is 12.3. The first kappa shape index (κ1) is 19.0. The minimum atomic E-state index is -2.39. The molecule has 1 aromatic rings. The van der Waals surface area contributed by atoms with Gasteiger partial charge < -0.3 is 5.32 Å². The average Bonchev–Trinajstić information content (AvgIpc) is 2.33. The van der Waals surface area contributed by atoms with Gasteiger partial charge in [-0.05, 0) is 27.6 Å². The number of piperazine rings is 1. The van der Waals surface area contributed by atoms with Crippen LogP contribution in [-0.4, -0.2) is 42.5 Å². The molecule has 0 spiro atoms. The average molecular weight is 379 g/mol. The molecule has 3 nitrogen and oxygen atoms in total. The molecular weight excluding hydrogens is 363 g/mol. The maximum absolute atomic E-state index is 13.2. The highest BCUT2D eigenvalue weighted by molar-refractivity contribution is 9.10. The van der Waals surface area contributed by atoms with Crippen molar-refractivity contribution in [2.24, 2.45) is 0 Å². The van der Waals surface area contributed by atoms with Crippen molar-refractivity contribution in [3.05, 3.63) is 28.5 Å². The Balaban J connectivity index is 0.00000162. The van der Waals surface area contributed by atoms with Crippen LogP contribution >= 0.6 is 40.7 Å². The van der Waals surface area contributed by atoms with E-state index in [9.17, 15) is 8.78 Å². The second-order valence-electron chi connectivity index (χ2n) is 3.98. The lowest BCUT2D eigenvalue weighted by Crippen LogP contribution is -2.46. The van der Waals surface area contributed by atoms with Gasteiger partial charge in [0.15, 0.2) is 0 Å². The summed E-state index contributed by atoms with van der Waals surface area (Å²) in [4.78, 5) is 5.83. The third-order valence-electron chi connectivity index (χ3n) is 2.88. The SMILES string of the molecule is Cl.Cl.FC(F)[C@@H](c1ccc(Br)nc1)N1CCNCC1. The molecule has 1 fully saturated rings. The summed E-state index contributed by atoms with van der Waals surface area (Å²) in [6.07, 6.45) is -0.876. The molecule has 0 saturated carbocycles. The molecule has 110 valence electrons. The Kier molecular flexibility index (Phi) is 9.02. The van der Waals surface area contributed by atoms with Crippen LogP contribution in [0.2, 0.25) is 0 Å². The van der Waals surface area contributed by atoms with Gasteiger partial charge >= 0.3 is 0 Å². The zero-order valence-corrected chi connectivity index (χ0v) is 13.3. The summed E-state index contributed by atoms with van der Waals surface area (Å²) in [5.41, 5.74) is 0.574. The van der Waals surface area contributed by atoms with Crippen molar-refractivity contribution in [2.75, 3.05) is 26.2 Å². The number of alkyl halides is 2. The largest absolute Gasteiger partial charge is 0.314 e. The normalized spacial score (nSPS) is 17.5. The van der Waals surface area contributed by atoms with Crippen LogP contribution in [0, 0.1) is 0 Å². The molecule has 1 aliphatic rings. The van der Waals surface area contributed by atoms with Crippen LogP contribution in [0.1, 0.15) is 11.6 Å². The minimum absolute atomic E-state index is 0. The lowest BCUT2D eigenvalue weighted by Gasteiger charge is -2.34. The maximum atomic E-state index is 13.2. The molecule has 8 heteroatoms. The zero-order valence-electron chi connectivity index (χ0n) is 10.1. The molecular formula is C11H16BrCl2F2N3. The topological polar surface area (TPSA) is 28.2 Å². The van der Waals surface area contributed by atoms with Crippen LogP contribution in [0.25, 0.3) is 0 Å². The van der Waals surface area contributed by atoms with Gasteiger partial charge in [0.05, 0.1) is 6.04 Å². The third kappa shape index (κ3) is 5.11. The van der Waals surface area contributed by atoms with Crippen LogP contribution in [0.3, 0.4) is 0 Å². The number of halogens is 5. The molecule has 0 unspecified atom stereocenters. The van der Waals surface area contributed by atoms with E-state index in [2.05, 4.69) is 26.2 Å². The lowest BCUT2D eigenvalue weighted by atomic mass is 10.1. The number of nitrogens with zero attached hydrogens (tertiary/aromatic N) is 2. The van der Waals surface area contributed by atoms with E-state index in [0.717, 1.165) is 13.1 Å².